The number of rotatable bonds is 3. The quantitative estimate of drug-likeness (QED) is 0.628. The first-order chi connectivity index (χ1) is 4.93. The van der Waals surface area contributed by atoms with Crippen molar-refractivity contribution in [3.63, 3.8) is 0 Å². The Bertz CT molecular complexity index is 193. The zero-order valence-corrected chi connectivity index (χ0v) is 5.49. The molecule has 0 atom stereocenters. The Hall–Kier alpha value is -1.16. The molecule has 0 spiro atoms. The maximum atomic E-state index is 8.40. The van der Waals surface area contributed by atoms with Crippen molar-refractivity contribution in [2.24, 2.45) is 0 Å². The molecule has 1 aromatic rings. The molecule has 10 heavy (non-hydrogen) atoms. The molecule has 2 N–H and O–H groups in total. The summed E-state index contributed by atoms with van der Waals surface area (Å²) < 4.78 is 0. The van der Waals surface area contributed by atoms with Gasteiger partial charge in [-0.1, -0.05) is 6.08 Å². The zero-order chi connectivity index (χ0) is 7.23. The van der Waals surface area contributed by atoms with Crippen molar-refractivity contribution in [2.45, 2.75) is 6.42 Å². The van der Waals surface area contributed by atoms with Gasteiger partial charge in [-0.2, -0.15) is 5.10 Å². The first-order valence-corrected chi connectivity index (χ1v) is 3.06. The lowest BCUT2D eigenvalue weighted by atomic mass is 10.4. The highest BCUT2D eigenvalue weighted by Crippen LogP contribution is 1.90. The fraction of sp³-hybridized carbons (Fsp3) is 0.333. The Morgan fingerprint density at radius 2 is 2.60 bits per heavy atom. The smallest absolute Gasteiger partial charge is 0.147 e. The molecule has 0 aromatic carbocycles. The van der Waals surface area contributed by atoms with Crippen LogP contribution in [0, 0.1) is 0 Å². The van der Waals surface area contributed by atoms with E-state index in [0.29, 0.717) is 12.2 Å². The van der Waals surface area contributed by atoms with Crippen LogP contribution < -0.4 is 0 Å². The maximum Gasteiger partial charge on any atom is 0.147 e. The van der Waals surface area contributed by atoms with Crippen LogP contribution in [0.2, 0.25) is 0 Å². The van der Waals surface area contributed by atoms with E-state index in [1.807, 2.05) is 6.08 Å². The van der Waals surface area contributed by atoms with Gasteiger partial charge in [-0.15, -0.1) is 0 Å². The molecule has 0 bridgehead atoms. The van der Waals surface area contributed by atoms with Crippen molar-refractivity contribution in [1.29, 1.82) is 0 Å². The highest BCUT2D eigenvalue weighted by Gasteiger charge is 1.84. The third kappa shape index (κ3) is 1.99. The van der Waals surface area contributed by atoms with Crippen LogP contribution in [-0.2, 0) is 0 Å². The van der Waals surface area contributed by atoms with Gasteiger partial charge in [0.15, 0.2) is 0 Å². The van der Waals surface area contributed by atoms with Crippen molar-refractivity contribution in [1.82, 2.24) is 15.2 Å². The standard InChI is InChI=1S/C6H9N3O/c10-4-2-1-3-6-7-5-8-9-6/h1,3,5,10H,2,4H2,(H,7,8,9). The number of nitrogens with one attached hydrogen (secondary N) is 1. The minimum atomic E-state index is 0.171. The molecule has 0 aliphatic heterocycles. The third-order valence-electron chi connectivity index (χ3n) is 1.01. The summed E-state index contributed by atoms with van der Waals surface area (Å²) in [5, 5.41) is 14.7. The second-order valence-electron chi connectivity index (χ2n) is 1.79. The summed E-state index contributed by atoms with van der Waals surface area (Å²) in [6, 6.07) is 0. The van der Waals surface area contributed by atoms with Crippen LogP contribution in [0.1, 0.15) is 12.2 Å². The molecular formula is C6H9N3O. The van der Waals surface area contributed by atoms with Crippen LogP contribution in [-0.4, -0.2) is 26.9 Å². The van der Waals surface area contributed by atoms with Gasteiger partial charge in [-0.25, -0.2) is 4.98 Å². The molecule has 0 unspecified atom stereocenters. The first kappa shape index (κ1) is 6.95. The zero-order valence-electron chi connectivity index (χ0n) is 5.49. The highest BCUT2D eigenvalue weighted by atomic mass is 16.2. The topological polar surface area (TPSA) is 61.8 Å². The number of H-pyrrole nitrogens is 1. The molecule has 0 saturated heterocycles. The van der Waals surface area contributed by atoms with E-state index >= 15 is 0 Å². The number of aliphatic hydroxyl groups excluding tert-OH is 1. The number of aromatic nitrogens is 3. The molecule has 4 nitrogen and oxygen atoms in total. The molecule has 4 heteroatoms. The van der Waals surface area contributed by atoms with Crippen LogP contribution in [0.25, 0.3) is 6.08 Å². The van der Waals surface area contributed by atoms with E-state index in [1.165, 1.54) is 6.33 Å². The van der Waals surface area contributed by atoms with Crippen LogP contribution in [0.15, 0.2) is 12.4 Å². The Balaban J connectivity index is 2.40. The van der Waals surface area contributed by atoms with Crippen molar-refractivity contribution >= 4 is 6.08 Å². The van der Waals surface area contributed by atoms with E-state index in [-0.39, 0.29) is 6.61 Å². The average molecular weight is 139 g/mol. The van der Waals surface area contributed by atoms with E-state index in [2.05, 4.69) is 15.2 Å². The van der Waals surface area contributed by atoms with E-state index in [4.69, 9.17) is 5.11 Å². The minimum absolute atomic E-state index is 0.171. The van der Waals surface area contributed by atoms with Gasteiger partial charge in [0.2, 0.25) is 0 Å². The summed E-state index contributed by atoms with van der Waals surface area (Å²) in [4.78, 5) is 3.85. The summed E-state index contributed by atoms with van der Waals surface area (Å²) in [6.45, 7) is 0.171. The number of hydrogen-bond acceptors (Lipinski definition) is 3. The van der Waals surface area contributed by atoms with E-state index < -0.39 is 0 Å². The molecular weight excluding hydrogens is 130 g/mol. The largest absolute Gasteiger partial charge is 0.396 e. The monoisotopic (exact) mass is 139 g/mol. The molecule has 0 amide bonds. The number of aliphatic hydroxyl groups is 1. The fourth-order valence-electron chi connectivity index (χ4n) is 0.565. The molecule has 0 aliphatic carbocycles. The minimum Gasteiger partial charge on any atom is -0.396 e. The van der Waals surface area contributed by atoms with Crippen LogP contribution in [0.4, 0.5) is 0 Å². The molecule has 0 fully saturated rings. The second-order valence-corrected chi connectivity index (χ2v) is 1.79. The van der Waals surface area contributed by atoms with Gasteiger partial charge < -0.3 is 5.11 Å². The average Bonchev–Trinajstić information content (AvgIpc) is 2.41. The summed E-state index contributed by atoms with van der Waals surface area (Å²) in [6.07, 6.45) is 5.71. The molecule has 1 rings (SSSR count). The third-order valence-corrected chi connectivity index (χ3v) is 1.01. The van der Waals surface area contributed by atoms with Crippen molar-refractivity contribution in [2.75, 3.05) is 6.61 Å². The maximum absolute atomic E-state index is 8.40. The lowest BCUT2D eigenvalue weighted by Crippen LogP contribution is -1.77. The Morgan fingerprint density at radius 1 is 1.70 bits per heavy atom. The summed E-state index contributed by atoms with van der Waals surface area (Å²) >= 11 is 0. The molecule has 1 heterocycles. The SMILES string of the molecule is OCCC=Cc1ncn[nH]1. The summed E-state index contributed by atoms with van der Waals surface area (Å²) in [5.74, 6) is 0.716. The van der Waals surface area contributed by atoms with Crippen molar-refractivity contribution in [3.8, 4) is 0 Å². The fourth-order valence-corrected chi connectivity index (χ4v) is 0.565. The molecule has 0 radical (unpaired) electrons. The van der Waals surface area contributed by atoms with Crippen LogP contribution >= 0.6 is 0 Å². The van der Waals surface area contributed by atoms with Crippen molar-refractivity contribution < 1.29 is 5.11 Å². The normalized spacial score (nSPS) is 10.9. The Labute approximate surface area is 58.6 Å². The van der Waals surface area contributed by atoms with E-state index in [9.17, 15) is 0 Å². The van der Waals surface area contributed by atoms with Gasteiger partial charge in [0.1, 0.15) is 12.2 Å². The molecule has 54 valence electrons. The summed E-state index contributed by atoms with van der Waals surface area (Å²) in [7, 11) is 0. The van der Waals surface area contributed by atoms with Gasteiger partial charge >= 0.3 is 0 Å². The van der Waals surface area contributed by atoms with Crippen molar-refractivity contribution in [3.05, 3.63) is 18.2 Å². The van der Waals surface area contributed by atoms with Crippen LogP contribution in [0.3, 0.4) is 0 Å². The Kier molecular flexibility index (Phi) is 2.63. The first-order valence-electron chi connectivity index (χ1n) is 3.06. The summed E-state index contributed by atoms with van der Waals surface area (Å²) in [5.41, 5.74) is 0. The van der Waals surface area contributed by atoms with Gasteiger partial charge in [0.25, 0.3) is 0 Å². The number of aromatic amines is 1. The molecule has 0 saturated carbocycles. The number of hydrogen-bond donors (Lipinski definition) is 2. The lowest BCUT2D eigenvalue weighted by molar-refractivity contribution is 0.303. The highest BCUT2D eigenvalue weighted by molar-refractivity contribution is 5.37. The van der Waals surface area contributed by atoms with Crippen LogP contribution in [0.5, 0.6) is 0 Å². The second kappa shape index (κ2) is 3.79. The van der Waals surface area contributed by atoms with Gasteiger partial charge in [-0.05, 0) is 12.5 Å². The van der Waals surface area contributed by atoms with Gasteiger partial charge in [-0.3, -0.25) is 5.10 Å². The van der Waals surface area contributed by atoms with Gasteiger partial charge in [0, 0.05) is 6.61 Å². The predicted molar refractivity (Wildman–Crippen MR) is 37.1 cm³/mol. The lowest BCUT2D eigenvalue weighted by Gasteiger charge is -1.81. The van der Waals surface area contributed by atoms with E-state index in [1.54, 1.807) is 6.08 Å². The Morgan fingerprint density at radius 3 is 3.20 bits per heavy atom. The van der Waals surface area contributed by atoms with E-state index in [0.717, 1.165) is 0 Å². The van der Waals surface area contributed by atoms with Gasteiger partial charge in [0.05, 0.1) is 0 Å². The molecule has 0 aliphatic rings. The number of nitrogens with zero attached hydrogens (tertiary/aromatic N) is 2. The predicted octanol–water partition coefficient (Wildman–Crippen LogP) is 0.200. The molecule has 1 aromatic heterocycles.